The predicted molar refractivity (Wildman–Crippen MR) is 134 cm³/mol. The highest BCUT2D eigenvalue weighted by Gasteiger charge is 2.53. The van der Waals surface area contributed by atoms with Gasteiger partial charge < -0.3 is 5.73 Å². The summed E-state index contributed by atoms with van der Waals surface area (Å²) in [5.74, 6) is 7.40. The Morgan fingerprint density at radius 1 is 1.09 bits per heavy atom. The first-order valence-corrected chi connectivity index (χ1v) is 11.8. The van der Waals surface area contributed by atoms with Crippen molar-refractivity contribution in [1.82, 2.24) is 4.98 Å². The van der Waals surface area contributed by atoms with Gasteiger partial charge in [0, 0.05) is 34.5 Å². The maximum absolute atomic E-state index is 6.37. The van der Waals surface area contributed by atoms with Gasteiger partial charge in [-0.15, -0.1) is 5.92 Å². The number of hydrogen-bond acceptors (Lipinski definition) is 4. The molecule has 1 unspecified atom stereocenters. The maximum atomic E-state index is 6.37. The van der Waals surface area contributed by atoms with Crippen molar-refractivity contribution >= 4 is 11.5 Å². The van der Waals surface area contributed by atoms with Gasteiger partial charge in [0.15, 0.2) is 5.66 Å². The number of hydrogen-bond donors (Lipinski definition) is 1. The molecule has 0 saturated heterocycles. The van der Waals surface area contributed by atoms with Crippen molar-refractivity contribution < 1.29 is 0 Å². The molecule has 2 aliphatic rings. The second-order valence-electron chi connectivity index (χ2n) is 9.67. The Bertz CT molecular complexity index is 1120. The molecule has 1 aromatic heterocycles. The molecule has 2 heterocycles. The molecule has 0 spiro atoms. The van der Waals surface area contributed by atoms with Crippen LogP contribution in [0.1, 0.15) is 77.0 Å². The molecule has 1 aliphatic heterocycles. The van der Waals surface area contributed by atoms with E-state index in [0.29, 0.717) is 5.84 Å². The minimum Gasteiger partial charge on any atom is -0.382 e. The van der Waals surface area contributed by atoms with Crippen molar-refractivity contribution in [3.63, 3.8) is 0 Å². The third-order valence-electron chi connectivity index (χ3n) is 7.41. The molecule has 0 bridgehead atoms. The predicted octanol–water partition coefficient (Wildman–Crippen LogP) is 5.88. The molecule has 1 fully saturated rings. The number of benzene rings is 1. The molecule has 2 N–H and O–H groups in total. The van der Waals surface area contributed by atoms with E-state index >= 15 is 0 Å². The molecule has 4 heteroatoms. The Labute approximate surface area is 192 Å². The molecule has 1 saturated carbocycles. The molecule has 4 rings (SSSR count). The highest BCUT2D eigenvalue weighted by Crippen LogP contribution is 2.56. The Kier molecular flexibility index (Phi) is 5.95. The van der Waals surface area contributed by atoms with E-state index in [9.17, 15) is 0 Å². The fourth-order valence-electron chi connectivity index (χ4n) is 5.24. The summed E-state index contributed by atoms with van der Waals surface area (Å²) in [6.07, 6.45) is 9.23. The van der Waals surface area contributed by atoms with Gasteiger partial charge in [0.1, 0.15) is 5.84 Å². The Hall–Kier alpha value is -2.93. The molecule has 2 aromatic rings. The van der Waals surface area contributed by atoms with E-state index in [-0.39, 0.29) is 5.41 Å². The van der Waals surface area contributed by atoms with Crippen LogP contribution in [0.15, 0.2) is 46.6 Å². The van der Waals surface area contributed by atoms with Crippen LogP contribution in [-0.4, -0.2) is 16.5 Å². The van der Waals surface area contributed by atoms with Crippen LogP contribution in [-0.2, 0) is 12.1 Å². The number of aromatic nitrogens is 1. The zero-order valence-electron chi connectivity index (χ0n) is 20.0. The molecule has 166 valence electrons. The number of nitrogens with two attached hydrogens (primary N) is 1. The standard InChI is InChI=1S/C28H34N4/c1-6-8-21-15-24(18-30-17-21)23-10-9-22(7-2)25(16-23)28(31-20(4)26(29)32-28)27(5)13-11-19(3)12-14-27/h9-10,15-19H,7,11-14H2,1-5H3,(H2,29,32). The van der Waals surface area contributed by atoms with Crippen LogP contribution in [0.25, 0.3) is 11.1 Å². The lowest BCUT2D eigenvalue weighted by Gasteiger charge is -2.47. The number of rotatable bonds is 4. The first-order valence-electron chi connectivity index (χ1n) is 11.8. The molecule has 1 atom stereocenters. The summed E-state index contributed by atoms with van der Waals surface area (Å²) >= 11 is 0. The number of aliphatic imine (C=N–C) groups is 2. The Morgan fingerprint density at radius 2 is 1.84 bits per heavy atom. The zero-order chi connectivity index (χ0) is 22.9. The first kappa shape index (κ1) is 22.3. The largest absolute Gasteiger partial charge is 0.382 e. The van der Waals surface area contributed by atoms with E-state index in [4.69, 9.17) is 15.7 Å². The number of pyridine rings is 1. The van der Waals surface area contributed by atoms with Crippen molar-refractivity contribution in [3.8, 4) is 23.0 Å². The molecule has 0 radical (unpaired) electrons. The van der Waals surface area contributed by atoms with Gasteiger partial charge in [-0.05, 0) is 62.3 Å². The molecular weight excluding hydrogens is 392 g/mol. The van der Waals surface area contributed by atoms with E-state index in [1.165, 1.54) is 24.0 Å². The van der Waals surface area contributed by atoms with Crippen molar-refractivity contribution in [2.24, 2.45) is 27.1 Å². The summed E-state index contributed by atoms with van der Waals surface area (Å²) < 4.78 is 0. The summed E-state index contributed by atoms with van der Waals surface area (Å²) in [6, 6.07) is 8.79. The van der Waals surface area contributed by atoms with E-state index in [0.717, 1.165) is 47.6 Å². The highest BCUT2D eigenvalue weighted by molar-refractivity contribution is 6.41. The highest BCUT2D eigenvalue weighted by atomic mass is 15.2. The summed E-state index contributed by atoms with van der Waals surface area (Å²) in [7, 11) is 0. The lowest BCUT2D eigenvalue weighted by Crippen LogP contribution is -2.43. The SMILES string of the molecule is CC#Cc1cncc(-c2ccc(CC)c(C3(C4(C)CCC(C)CC4)N=C(C)C(N)=N3)c2)c1. The van der Waals surface area contributed by atoms with Crippen molar-refractivity contribution in [2.75, 3.05) is 0 Å². The number of amidine groups is 1. The van der Waals surface area contributed by atoms with Crippen LogP contribution in [0.4, 0.5) is 0 Å². The monoisotopic (exact) mass is 426 g/mol. The van der Waals surface area contributed by atoms with Gasteiger partial charge in [0.2, 0.25) is 0 Å². The van der Waals surface area contributed by atoms with Gasteiger partial charge in [0.05, 0.1) is 5.71 Å². The summed E-state index contributed by atoms with van der Waals surface area (Å²) in [5, 5.41) is 0. The molecule has 1 aromatic carbocycles. The fraction of sp³-hybridized carbons (Fsp3) is 0.464. The topological polar surface area (TPSA) is 63.6 Å². The molecule has 32 heavy (non-hydrogen) atoms. The van der Waals surface area contributed by atoms with Crippen LogP contribution in [0.2, 0.25) is 0 Å². The third-order valence-corrected chi connectivity index (χ3v) is 7.41. The molecular formula is C28H34N4. The van der Waals surface area contributed by atoms with Crippen LogP contribution < -0.4 is 5.73 Å². The fourth-order valence-corrected chi connectivity index (χ4v) is 5.24. The Morgan fingerprint density at radius 3 is 2.47 bits per heavy atom. The first-order chi connectivity index (χ1) is 15.3. The van der Waals surface area contributed by atoms with Crippen LogP contribution in [0.5, 0.6) is 0 Å². The van der Waals surface area contributed by atoms with Gasteiger partial charge >= 0.3 is 0 Å². The smallest absolute Gasteiger partial charge is 0.184 e. The van der Waals surface area contributed by atoms with E-state index in [2.05, 4.69) is 61.9 Å². The van der Waals surface area contributed by atoms with Crippen molar-refractivity contribution in [2.45, 2.75) is 72.4 Å². The number of aryl methyl sites for hydroxylation is 1. The van der Waals surface area contributed by atoms with Crippen molar-refractivity contribution in [1.29, 1.82) is 0 Å². The summed E-state index contributed by atoms with van der Waals surface area (Å²) in [6.45, 7) is 10.8. The molecule has 4 nitrogen and oxygen atoms in total. The van der Waals surface area contributed by atoms with Gasteiger partial charge in [-0.3, -0.25) is 9.98 Å². The number of nitrogens with zero attached hydrogens (tertiary/aromatic N) is 3. The quantitative estimate of drug-likeness (QED) is 0.620. The Balaban J connectivity index is 1.91. The van der Waals surface area contributed by atoms with E-state index in [1.807, 2.05) is 26.2 Å². The van der Waals surface area contributed by atoms with E-state index < -0.39 is 5.66 Å². The summed E-state index contributed by atoms with van der Waals surface area (Å²) in [5.41, 5.74) is 12.0. The van der Waals surface area contributed by atoms with Crippen LogP contribution in [0, 0.1) is 23.2 Å². The second-order valence-corrected chi connectivity index (χ2v) is 9.67. The maximum Gasteiger partial charge on any atom is 0.184 e. The van der Waals surface area contributed by atoms with E-state index in [1.54, 1.807) is 0 Å². The third kappa shape index (κ3) is 3.75. The lowest BCUT2D eigenvalue weighted by molar-refractivity contribution is 0.0759. The van der Waals surface area contributed by atoms with Gasteiger partial charge in [-0.25, -0.2) is 4.99 Å². The second kappa shape index (κ2) is 8.54. The zero-order valence-corrected chi connectivity index (χ0v) is 20.0. The minimum atomic E-state index is -0.670. The van der Waals surface area contributed by atoms with Gasteiger partial charge in [-0.2, -0.15) is 0 Å². The normalized spacial score (nSPS) is 27.3. The molecule has 0 amide bonds. The van der Waals surface area contributed by atoms with Gasteiger partial charge in [0.25, 0.3) is 0 Å². The van der Waals surface area contributed by atoms with Gasteiger partial charge in [-0.1, -0.05) is 51.7 Å². The minimum absolute atomic E-state index is 0.0712. The lowest BCUT2D eigenvalue weighted by atomic mass is 9.62. The van der Waals surface area contributed by atoms with Crippen LogP contribution in [0.3, 0.4) is 0 Å². The molecule has 1 aliphatic carbocycles. The summed E-state index contributed by atoms with van der Waals surface area (Å²) in [4.78, 5) is 14.8. The average molecular weight is 427 g/mol. The van der Waals surface area contributed by atoms with Crippen molar-refractivity contribution in [3.05, 3.63) is 53.3 Å². The average Bonchev–Trinajstić information content (AvgIpc) is 3.11. The van der Waals surface area contributed by atoms with Crippen LogP contribution >= 0.6 is 0 Å².